The molecule has 1 aromatic carbocycles. The third kappa shape index (κ3) is 9.34. The molecule has 7 nitrogen and oxygen atoms in total. The van der Waals surface area contributed by atoms with Gasteiger partial charge in [0, 0.05) is 18.8 Å². The Bertz CT molecular complexity index is 749. The molecule has 8 heteroatoms. The first-order chi connectivity index (χ1) is 15.1. The molecule has 0 aliphatic rings. The minimum Gasteiger partial charge on any atom is -0.444 e. The van der Waals surface area contributed by atoms with Crippen LogP contribution >= 0.6 is 12.6 Å². The number of nitrogens with one attached hydrogen (secondary N) is 2. The van der Waals surface area contributed by atoms with Crippen molar-refractivity contribution >= 4 is 30.5 Å². The summed E-state index contributed by atoms with van der Waals surface area (Å²) in [5, 5.41) is 5.51. The highest BCUT2D eigenvalue weighted by Crippen LogP contribution is 2.23. The van der Waals surface area contributed by atoms with Crippen molar-refractivity contribution in [1.29, 1.82) is 0 Å². The van der Waals surface area contributed by atoms with Gasteiger partial charge in [0.1, 0.15) is 17.7 Å². The molecule has 0 saturated heterocycles. The molecule has 0 bridgehead atoms. The number of carbonyl (C=O) groups is 3. The van der Waals surface area contributed by atoms with E-state index in [-0.39, 0.29) is 18.2 Å². The van der Waals surface area contributed by atoms with Crippen molar-refractivity contribution in [2.45, 2.75) is 64.6 Å². The van der Waals surface area contributed by atoms with Gasteiger partial charge in [-0.2, -0.15) is 12.6 Å². The predicted octanol–water partition coefficient (Wildman–Crippen LogP) is 3.87. The van der Waals surface area contributed by atoms with E-state index in [4.69, 9.17) is 4.74 Å². The summed E-state index contributed by atoms with van der Waals surface area (Å²) in [7, 11) is 0. The molecule has 0 radical (unpaired) electrons. The fraction of sp³-hybridized carbons (Fsp3) is 0.542. The second-order valence-corrected chi connectivity index (χ2v) is 8.84. The van der Waals surface area contributed by atoms with Crippen molar-refractivity contribution in [3.8, 4) is 0 Å². The van der Waals surface area contributed by atoms with E-state index in [1.165, 1.54) is 4.90 Å². The molecular weight excluding hydrogens is 426 g/mol. The lowest BCUT2D eigenvalue weighted by atomic mass is 10.0. The average molecular weight is 464 g/mol. The minimum absolute atomic E-state index is 0.0470. The molecule has 1 aromatic rings. The van der Waals surface area contributed by atoms with E-state index in [9.17, 15) is 14.4 Å². The number of hydrogen-bond donors (Lipinski definition) is 3. The molecule has 0 aliphatic heterocycles. The van der Waals surface area contributed by atoms with Gasteiger partial charge < -0.3 is 20.3 Å². The van der Waals surface area contributed by atoms with Gasteiger partial charge in [0.05, 0.1) is 0 Å². The van der Waals surface area contributed by atoms with Gasteiger partial charge in [-0.3, -0.25) is 9.59 Å². The molecule has 0 aliphatic carbocycles. The largest absolute Gasteiger partial charge is 0.444 e. The van der Waals surface area contributed by atoms with E-state index in [2.05, 4.69) is 36.8 Å². The zero-order valence-corrected chi connectivity index (χ0v) is 20.5. The molecule has 1 rings (SSSR count). The lowest BCUT2D eigenvalue weighted by molar-refractivity contribution is -0.141. The molecule has 0 fully saturated rings. The second kappa shape index (κ2) is 13.8. The lowest BCUT2D eigenvalue weighted by Gasteiger charge is -2.33. The molecule has 0 spiro atoms. The zero-order valence-electron chi connectivity index (χ0n) is 19.6. The quantitative estimate of drug-likeness (QED) is 0.249. The normalized spacial score (nSPS) is 12.9. The van der Waals surface area contributed by atoms with Crippen molar-refractivity contribution in [2.75, 3.05) is 18.8 Å². The van der Waals surface area contributed by atoms with Crippen LogP contribution in [0.3, 0.4) is 0 Å². The summed E-state index contributed by atoms with van der Waals surface area (Å²) < 4.78 is 5.27. The number of amides is 3. The number of rotatable bonds is 12. The van der Waals surface area contributed by atoms with Crippen LogP contribution in [0.1, 0.15) is 58.6 Å². The number of nitrogens with zero attached hydrogens (tertiary/aromatic N) is 1. The Morgan fingerprint density at radius 3 is 2.38 bits per heavy atom. The van der Waals surface area contributed by atoms with Crippen LogP contribution in [0, 0.1) is 0 Å². The Kier molecular flexibility index (Phi) is 11.9. The molecule has 178 valence electrons. The Morgan fingerprint density at radius 2 is 1.84 bits per heavy atom. The zero-order chi connectivity index (χ0) is 24.1. The second-order valence-electron chi connectivity index (χ2n) is 8.47. The number of ether oxygens (including phenoxy) is 1. The van der Waals surface area contributed by atoms with Gasteiger partial charge in [0.15, 0.2) is 0 Å². The standard InChI is InChI=1S/C24H37N3O4S/c1-6-8-12-15-25-21(28)20(18-13-10-9-11-14-18)27(16-7-2)22(29)19(17-32)26-23(30)31-24(3,4)5/h7,9-11,13-14,19-20,32H,2,6,8,12,15-17H2,1,3-5H3,(H,25,28)(H,26,30). The van der Waals surface area contributed by atoms with Crippen LogP contribution in [0.15, 0.2) is 43.0 Å². The van der Waals surface area contributed by atoms with Gasteiger partial charge in [0.25, 0.3) is 0 Å². The maximum Gasteiger partial charge on any atom is 0.408 e. The topological polar surface area (TPSA) is 87.7 Å². The van der Waals surface area contributed by atoms with E-state index < -0.39 is 29.7 Å². The van der Waals surface area contributed by atoms with E-state index in [1.54, 1.807) is 39.0 Å². The van der Waals surface area contributed by atoms with Crippen LogP contribution in [0.2, 0.25) is 0 Å². The van der Waals surface area contributed by atoms with E-state index in [0.717, 1.165) is 19.3 Å². The van der Waals surface area contributed by atoms with E-state index in [0.29, 0.717) is 12.1 Å². The highest BCUT2D eigenvalue weighted by atomic mass is 32.1. The molecule has 0 saturated carbocycles. The molecular formula is C24H37N3O4S. The highest BCUT2D eigenvalue weighted by molar-refractivity contribution is 7.80. The van der Waals surface area contributed by atoms with Gasteiger partial charge in [-0.1, -0.05) is 56.2 Å². The van der Waals surface area contributed by atoms with E-state index in [1.807, 2.05) is 18.2 Å². The van der Waals surface area contributed by atoms with Crippen LogP contribution < -0.4 is 10.6 Å². The number of thiol groups is 1. The fourth-order valence-electron chi connectivity index (χ4n) is 3.09. The summed E-state index contributed by atoms with van der Waals surface area (Å²) >= 11 is 4.25. The maximum absolute atomic E-state index is 13.4. The van der Waals surface area contributed by atoms with Crippen LogP contribution in [-0.4, -0.2) is 53.3 Å². The molecule has 0 aromatic heterocycles. The first-order valence-electron chi connectivity index (χ1n) is 11.0. The number of unbranched alkanes of at least 4 members (excludes halogenated alkanes) is 2. The molecule has 3 amide bonds. The Morgan fingerprint density at radius 1 is 1.19 bits per heavy atom. The maximum atomic E-state index is 13.4. The van der Waals surface area contributed by atoms with Crippen LogP contribution in [0.5, 0.6) is 0 Å². The van der Waals surface area contributed by atoms with Gasteiger partial charge in [-0.15, -0.1) is 6.58 Å². The summed E-state index contributed by atoms with van der Waals surface area (Å²) in [5.41, 5.74) is -0.0362. The fourth-order valence-corrected chi connectivity index (χ4v) is 3.34. The van der Waals surface area contributed by atoms with Crippen LogP contribution in [0.25, 0.3) is 0 Å². The predicted molar refractivity (Wildman–Crippen MR) is 131 cm³/mol. The Hall–Kier alpha value is -2.48. The number of alkyl carbamates (subject to hydrolysis) is 1. The summed E-state index contributed by atoms with van der Waals surface area (Å²) in [6, 6.07) is 7.25. The van der Waals surface area contributed by atoms with Crippen molar-refractivity contribution in [3.05, 3.63) is 48.6 Å². The van der Waals surface area contributed by atoms with Gasteiger partial charge in [-0.25, -0.2) is 4.79 Å². The van der Waals surface area contributed by atoms with E-state index >= 15 is 0 Å². The van der Waals surface area contributed by atoms with Crippen molar-refractivity contribution in [3.63, 3.8) is 0 Å². The smallest absolute Gasteiger partial charge is 0.408 e. The van der Waals surface area contributed by atoms with Gasteiger partial charge in [-0.05, 0) is 32.8 Å². The van der Waals surface area contributed by atoms with Gasteiger partial charge >= 0.3 is 6.09 Å². The SMILES string of the molecule is C=CCN(C(=O)C(CS)NC(=O)OC(C)(C)C)C(C(=O)NCCCCC)c1ccccc1. The number of carbonyl (C=O) groups excluding carboxylic acids is 3. The first kappa shape index (κ1) is 27.6. The van der Waals surface area contributed by atoms with Crippen LogP contribution in [0.4, 0.5) is 4.79 Å². The Labute approximate surface area is 197 Å². The monoisotopic (exact) mass is 463 g/mol. The van der Waals surface area contributed by atoms with Crippen molar-refractivity contribution < 1.29 is 19.1 Å². The lowest BCUT2D eigenvalue weighted by Crippen LogP contribution is -2.53. The van der Waals surface area contributed by atoms with Crippen LogP contribution in [-0.2, 0) is 14.3 Å². The molecule has 2 unspecified atom stereocenters. The Balaban J connectivity index is 3.16. The van der Waals surface area contributed by atoms with Crippen molar-refractivity contribution in [2.24, 2.45) is 0 Å². The summed E-state index contributed by atoms with van der Waals surface area (Å²) in [6.07, 6.45) is 3.75. The first-order valence-corrected chi connectivity index (χ1v) is 11.6. The molecule has 2 N–H and O–H groups in total. The number of benzene rings is 1. The molecule has 32 heavy (non-hydrogen) atoms. The summed E-state index contributed by atoms with van der Waals surface area (Å²) in [6.45, 7) is 11.7. The molecule has 0 heterocycles. The molecule has 2 atom stereocenters. The number of hydrogen-bond acceptors (Lipinski definition) is 5. The van der Waals surface area contributed by atoms with Gasteiger partial charge in [0.2, 0.25) is 11.8 Å². The average Bonchev–Trinajstić information content (AvgIpc) is 2.73. The highest BCUT2D eigenvalue weighted by Gasteiger charge is 2.35. The third-order valence-corrected chi connectivity index (χ3v) is 4.90. The minimum atomic E-state index is -0.966. The third-order valence-electron chi connectivity index (χ3n) is 4.54. The summed E-state index contributed by atoms with van der Waals surface area (Å²) in [4.78, 5) is 40.3. The summed E-state index contributed by atoms with van der Waals surface area (Å²) in [5.74, 6) is -0.674. The van der Waals surface area contributed by atoms with Crippen molar-refractivity contribution in [1.82, 2.24) is 15.5 Å².